The predicted molar refractivity (Wildman–Crippen MR) is 110 cm³/mol. The third-order valence-corrected chi connectivity index (χ3v) is 5.78. The van der Waals surface area contributed by atoms with Crippen molar-refractivity contribution in [2.75, 3.05) is 14.2 Å². The molecule has 0 fully saturated rings. The summed E-state index contributed by atoms with van der Waals surface area (Å²) in [6, 6.07) is 11.3. The average molecular weight is 387 g/mol. The summed E-state index contributed by atoms with van der Waals surface area (Å²) in [5, 5.41) is 5.04. The van der Waals surface area contributed by atoms with Crippen LogP contribution in [0.3, 0.4) is 0 Å². The zero-order valence-electron chi connectivity index (χ0n) is 15.9. The normalized spacial score (nSPS) is 15.4. The Balaban J connectivity index is 2.04. The van der Waals surface area contributed by atoms with Crippen molar-refractivity contribution in [2.24, 2.45) is 0 Å². The van der Waals surface area contributed by atoms with E-state index in [9.17, 15) is 14.4 Å². The second-order valence-corrected chi connectivity index (χ2v) is 7.12. The standard InChI is InChI=1S/C23H17NO5/c1-28-22(26)14-10-9-13-11-5-3-7-15-18(11)20(16-8-4-6-12(14)17(13)16)24-21(25)19(15)23(27)29-2/h3-9,14H,10H2,1-2H3,(H,24,25). The van der Waals surface area contributed by atoms with Gasteiger partial charge in [0.25, 0.3) is 5.56 Å². The first-order valence-corrected chi connectivity index (χ1v) is 9.26. The fourth-order valence-corrected chi connectivity index (χ4v) is 4.57. The van der Waals surface area contributed by atoms with Gasteiger partial charge in [0, 0.05) is 16.2 Å². The number of nitrogens with one attached hydrogen (secondary N) is 1. The Labute approximate surface area is 164 Å². The molecule has 0 amide bonds. The first kappa shape index (κ1) is 17.4. The Bertz CT molecular complexity index is 1460. The molecule has 1 heterocycles. The molecule has 0 radical (unpaired) electrons. The number of hydrogen-bond acceptors (Lipinski definition) is 5. The Hall–Kier alpha value is -3.67. The highest BCUT2D eigenvalue weighted by molar-refractivity contribution is 6.24. The van der Waals surface area contributed by atoms with Crippen LogP contribution in [0.25, 0.3) is 38.5 Å². The van der Waals surface area contributed by atoms with Crippen LogP contribution in [0.1, 0.15) is 28.3 Å². The van der Waals surface area contributed by atoms with Crippen LogP contribution in [0.4, 0.5) is 0 Å². The van der Waals surface area contributed by atoms with Crippen LogP contribution in [0.5, 0.6) is 0 Å². The van der Waals surface area contributed by atoms with E-state index in [1.165, 1.54) is 14.2 Å². The van der Waals surface area contributed by atoms with Crippen LogP contribution in [0.2, 0.25) is 0 Å². The van der Waals surface area contributed by atoms with Crippen molar-refractivity contribution in [2.45, 2.75) is 12.3 Å². The van der Waals surface area contributed by atoms with Gasteiger partial charge >= 0.3 is 11.9 Å². The van der Waals surface area contributed by atoms with Crippen molar-refractivity contribution in [3.63, 3.8) is 0 Å². The van der Waals surface area contributed by atoms with Crippen molar-refractivity contribution in [1.29, 1.82) is 0 Å². The number of ether oxygens (including phenoxy) is 2. The van der Waals surface area contributed by atoms with Gasteiger partial charge in [0.2, 0.25) is 0 Å². The number of esters is 2. The highest BCUT2D eigenvalue weighted by Gasteiger charge is 2.28. The van der Waals surface area contributed by atoms with Crippen LogP contribution in [-0.4, -0.2) is 31.1 Å². The van der Waals surface area contributed by atoms with Gasteiger partial charge in [-0.05, 0) is 28.0 Å². The fraction of sp³-hybridized carbons (Fsp3) is 0.174. The highest BCUT2D eigenvalue weighted by Crippen LogP contribution is 2.36. The fourth-order valence-electron chi connectivity index (χ4n) is 4.57. The smallest absolute Gasteiger partial charge is 0.344 e. The molecule has 0 saturated heterocycles. The minimum atomic E-state index is -0.669. The summed E-state index contributed by atoms with van der Waals surface area (Å²) in [7, 11) is 2.65. The Kier molecular flexibility index (Phi) is 3.71. The maximum atomic E-state index is 12.8. The number of hydrogen-bond donors (Lipinski definition) is 1. The van der Waals surface area contributed by atoms with Gasteiger partial charge in [0.1, 0.15) is 5.56 Å². The maximum Gasteiger partial charge on any atom is 0.344 e. The minimum Gasteiger partial charge on any atom is -0.469 e. The SMILES string of the molecule is COC(=O)c1c(=O)[nH]c2c3cccc4c3c(c3cccc1c32)=CCC4C(=O)OC. The number of carbonyl (C=O) groups excluding carboxylic acids is 2. The van der Waals surface area contributed by atoms with Gasteiger partial charge in [-0.25, -0.2) is 4.79 Å². The zero-order chi connectivity index (χ0) is 20.3. The lowest BCUT2D eigenvalue weighted by Gasteiger charge is -2.22. The highest BCUT2D eigenvalue weighted by atomic mass is 16.5. The molecular formula is C23H17NO5. The van der Waals surface area contributed by atoms with E-state index in [2.05, 4.69) is 4.98 Å². The van der Waals surface area contributed by atoms with Crippen molar-refractivity contribution in [3.8, 4) is 0 Å². The first-order chi connectivity index (χ1) is 14.1. The number of aromatic amines is 1. The van der Waals surface area contributed by atoms with Crippen molar-refractivity contribution in [3.05, 3.63) is 63.1 Å². The Morgan fingerprint density at radius 1 is 0.966 bits per heavy atom. The molecule has 3 aromatic carbocycles. The van der Waals surface area contributed by atoms with E-state index in [-0.39, 0.29) is 17.5 Å². The summed E-state index contributed by atoms with van der Waals surface area (Å²) in [4.78, 5) is 40.3. The molecule has 5 rings (SSSR count). The topological polar surface area (TPSA) is 85.5 Å². The second-order valence-electron chi connectivity index (χ2n) is 7.12. The van der Waals surface area contributed by atoms with Crippen LogP contribution in [0.15, 0.2) is 41.2 Å². The molecule has 1 aliphatic rings. The van der Waals surface area contributed by atoms with Crippen LogP contribution >= 0.6 is 0 Å². The van der Waals surface area contributed by atoms with Crippen LogP contribution in [-0.2, 0) is 14.3 Å². The van der Waals surface area contributed by atoms with Gasteiger partial charge < -0.3 is 14.5 Å². The van der Waals surface area contributed by atoms with E-state index in [4.69, 9.17) is 9.47 Å². The Morgan fingerprint density at radius 2 is 1.69 bits per heavy atom. The van der Waals surface area contributed by atoms with Gasteiger partial charge in [-0.2, -0.15) is 0 Å². The minimum absolute atomic E-state index is 0.00319. The predicted octanol–water partition coefficient (Wildman–Crippen LogP) is 2.78. The van der Waals surface area contributed by atoms with Gasteiger partial charge in [-0.15, -0.1) is 0 Å². The summed E-state index contributed by atoms with van der Waals surface area (Å²) in [6.07, 6.45) is 2.56. The number of carbonyl (C=O) groups is 2. The molecule has 29 heavy (non-hydrogen) atoms. The van der Waals surface area contributed by atoms with Gasteiger partial charge in [-0.3, -0.25) is 9.59 Å². The second kappa shape index (κ2) is 6.17. The number of fused-ring (bicyclic) bond motifs is 2. The van der Waals surface area contributed by atoms with E-state index < -0.39 is 11.5 Å². The lowest BCUT2D eigenvalue weighted by molar-refractivity contribution is -0.142. The number of benzene rings is 3. The maximum absolute atomic E-state index is 12.8. The van der Waals surface area contributed by atoms with Crippen molar-refractivity contribution >= 4 is 50.5 Å². The molecule has 0 bridgehead atoms. The number of pyridine rings is 1. The lowest BCUT2D eigenvalue weighted by Crippen LogP contribution is -2.23. The molecule has 1 N–H and O–H groups in total. The third-order valence-electron chi connectivity index (χ3n) is 5.78. The largest absolute Gasteiger partial charge is 0.469 e. The van der Waals surface area contributed by atoms with Gasteiger partial charge in [0.15, 0.2) is 0 Å². The number of methoxy groups -OCH3 is 2. The Morgan fingerprint density at radius 3 is 2.45 bits per heavy atom. The molecule has 1 aromatic heterocycles. The summed E-state index contributed by atoms with van der Waals surface area (Å²) < 4.78 is 9.83. The molecule has 1 unspecified atom stereocenters. The lowest BCUT2D eigenvalue weighted by atomic mass is 9.83. The monoisotopic (exact) mass is 387 g/mol. The summed E-state index contributed by atoms with van der Waals surface area (Å²) in [5.41, 5.74) is 1.03. The van der Waals surface area contributed by atoms with E-state index >= 15 is 0 Å². The van der Waals surface area contributed by atoms with Gasteiger partial charge in [0.05, 0.1) is 25.7 Å². The molecule has 0 spiro atoms. The van der Waals surface area contributed by atoms with Crippen molar-refractivity contribution in [1.82, 2.24) is 4.98 Å². The van der Waals surface area contributed by atoms with E-state index in [1.54, 1.807) is 6.07 Å². The number of H-pyrrole nitrogens is 1. The van der Waals surface area contributed by atoms with Gasteiger partial charge in [-0.1, -0.05) is 42.5 Å². The number of aromatic nitrogens is 1. The summed E-state index contributed by atoms with van der Waals surface area (Å²) >= 11 is 0. The number of rotatable bonds is 2. The van der Waals surface area contributed by atoms with Crippen molar-refractivity contribution < 1.29 is 19.1 Å². The van der Waals surface area contributed by atoms with Crippen LogP contribution < -0.4 is 10.8 Å². The van der Waals surface area contributed by atoms with E-state index in [0.29, 0.717) is 17.3 Å². The molecule has 4 aromatic rings. The van der Waals surface area contributed by atoms with E-state index in [0.717, 1.165) is 32.3 Å². The molecule has 0 saturated carbocycles. The molecule has 1 atom stereocenters. The molecular weight excluding hydrogens is 370 g/mol. The zero-order valence-corrected chi connectivity index (χ0v) is 15.9. The first-order valence-electron chi connectivity index (χ1n) is 9.26. The molecule has 1 aliphatic carbocycles. The molecule has 6 heteroatoms. The van der Waals surface area contributed by atoms with E-state index in [1.807, 2.05) is 36.4 Å². The molecule has 6 nitrogen and oxygen atoms in total. The average Bonchev–Trinajstić information content (AvgIpc) is 2.75. The summed E-state index contributed by atoms with van der Waals surface area (Å²) in [6.45, 7) is 0. The molecule has 144 valence electrons. The summed E-state index contributed by atoms with van der Waals surface area (Å²) in [5.74, 6) is -1.34. The molecule has 0 aliphatic heterocycles. The quantitative estimate of drug-likeness (QED) is 0.325. The van der Waals surface area contributed by atoms with Crippen LogP contribution in [0, 0.1) is 0 Å². The third kappa shape index (κ3) is 2.26.